The van der Waals surface area contributed by atoms with Crippen molar-refractivity contribution in [1.29, 1.82) is 0 Å². The largest absolute Gasteiger partial charge is 0.480 e. The van der Waals surface area contributed by atoms with E-state index in [2.05, 4.69) is 55.0 Å². The van der Waals surface area contributed by atoms with Crippen LogP contribution in [-0.4, -0.2) is 17.1 Å². The second kappa shape index (κ2) is 5.46. The van der Waals surface area contributed by atoms with Gasteiger partial charge in [0.05, 0.1) is 23.8 Å². The van der Waals surface area contributed by atoms with Crippen molar-refractivity contribution < 1.29 is 4.74 Å². The summed E-state index contributed by atoms with van der Waals surface area (Å²) in [4.78, 5) is 8.44. The molecule has 1 unspecified atom stereocenters. The van der Waals surface area contributed by atoms with Crippen molar-refractivity contribution in [3.63, 3.8) is 0 Å². The SMILES string of the molecule is COc1nc(NC(C)c2ccsc2)ncc1Br. The van der Waals surface area contributed by atoms with Crippen molar-refractivity contribution in [2.24, 2.45) is 0 Å². The van der Waals surface area contributed by atoms with Crippen LogP contribution in [0.1, 0.15) is 18.5 Å². The lowest BCUT2D eigenvalue weighted by molar-refractivity contribution is 0.394. The minimum absolute atomic E-state index is 0.173. The van der Waals surface area contributed by atoms with Gasteiger partial charge in [-0.2, -0.15) is 16.3 Å². The molecule has 2 aromatic rings. The van der Waals surface area contributed by atoms with Crippen LogP contribution in [0.15, 0.2) is 27.5 Å². The van der Waals surface area contributed by atoms with Crippen molar-refractivity contribution in [1.82, 2.24) is 9.97 Å². The standard InChI is InChI=1S/C11H12BrN3OS/c1-7(8-3-4-17-6-8)14-11-13-5-9(12)10(15-11)16-2/h3-7H,1-2H3,(H,13,14,15). The topological polar surface area (TPSA) is 47.0 Å². The maximum absolute atomic E-state index is 5.12. The minimum Gasteiger partial charge on any atom is -0.480 e. The Kier molecular flexibility index (Phi) is 3.96. The number of methoxy groups -OCH3 is 1. The molecule has 0 aliphatic carbocycles. The van der Waals surface area contributed by atoms with Gasteiger partial charge in [0, 0.05) is 0 Å². The molecule has 0 saturated carbocycles. The summed E-state index contributed by atoms with van der Waals surface area (Å²) < 4.78 is 5.87. The quantitative estimate of drug-likeness (QED) is 0.938. The van der Waals surface area contributed by atoms with E-state index in [0.29, 0.717) is 11.8 Å². The number of ether oxygens (including phenoxy) is 1. The fraction of sp³-hybridized carbons (Fsp3) is 0.273. The highest BCUT2D eigenvalue weighted by atomic mass is 79.9. The molecule has 1 N–H and O–H groups in total. The molecule has 0 aromatic carbocycles. The molecule has 4 nitrogen and oxygen atoms in total. The highest BCUT2D eigenvalue weighted by Crippen LogP contribution is 2.24. The van der Waals surface area contributed by atoms with Gasteiger partial charge < -0.3 is 10.1 Å². The zero-order chi connectivity index (χ0) is 12.3. The van der Waals surface area contributed by atoms with Crippen LogP contribution in [0.3, 0.4) is 0 Å². The summed E-state index contributed by atoms with van der Waals surface area (Å²) in [6.45, 7) is 2.07. The Morgan fingerprint density at radius 1 is 1.53 bits per heavy atom. The van der Waals surface area contributed by atoms with Crippen LogP contribution in [0.2, 0.25) is 0 Å². The third-order valence-electron chi connectivity index (χ3n) is 2.29. The number of hydrogen-bond acceptors (Lipinski definition) is 5. The number of thiophene rings is 1. The Morgan fingerprint density at radius 2 is 2.35 bits per heavy atom. The Bertz CT molecular complexity index is 489. The zero-order valence-corrected chi connectivity index (χ0v) is 11.9. The Balaban J connectivity index is 2.13. The second-order valence-corrected chi connectivity index (χ2v) is 5.11. The van der Waals surface area contributed by atoms with Gasteiger partial charge in [0.1, 0.15) is 0 Å². The Morgan fingerprint density at radius 3 is 3.00 bits per heavy atom. The van der Waals surface area contributed by atoms with E-state index >= 15 is 0 Å². The van der Waals surface area contributed by atoms with E-state index in [-0.39, 0.29) is 6.04 Å². The van der Waals surface area contributed by atoms with Crippen LogP contribution in [0.4, 0.5) is 5.95 Å². The lowest BCUT2D eigenvalue weighted by atomic mass is 10.2. The van der Waals surface area contributed by atoms with Crippen LogP contribution < -0.4 is 10.1 Å². The molecule has 0 aliphatic rings. The van der Waals surface area contributed by atoms with Gasteiger partial charge in [0.2, 0.25) is 11.8 Å². The summed E-state index contributed by atoms with van der Waals surface area (Å²) >= 11 is 5.00. The van der Waals surface area contributed by atoms with Crippen LogP contribution in [0, 0.1) is 0 Å². The number of hydrogen-bond donors (Lipinski definition) is 1. The predicted octanol–water partition coefficient (Wildman–Crippen LogP) is 3.48. The molecule has 2 heterocycles. The van der Waals surface area contributed by atoms with E-state index in [4.69, 9.17) is 4.74 Å². The summed E-state index contributed by atoms with van der Waals surface area (Å²) in [5, 5.41) is 7.39. The first-order valence-electron chi connectivity index (χ1n) is 5.06. The van der Waals surface area contributed by atoms with Gasteiger partial charge in [0.25, 0.3) is 0 Å². The number of aromatic nitrogens is 2. The molecule has 0 radical (unpaired) electrons. The fourth-order valence-corrected chi connectivity index (χ4v) is 2.47. The zero-order valence-electron chi connectivity index (χ0n) is 9.48. The van der Waals surface area contributed by atoms with Gasteiger partial charge in [-0.1, -0.05) is 0 Å². The molecule has 0 fully saturated rings. The summed E-state index contributed by atoms with van der Waals surface area (Å²) in [5.41, 5.74) is 1.22. The lowest BCUT2D eigenvalue weighted by Crippen LogP contribution is -2.09. The number of halogens is 1. The molecule has 17 heavy (non-hydrogen) atoms. The number of anilines is 1. The Hall–Kier alpha value is -1.14. The van der Waals surface area contributed by atoms with E-state index in [1.807, 2.05) is 0 Å². The molecule has 6 heteroatoms. The van der Waals surface area contributed by atoms with E-state index in [1.165, 1.54) is 5.56 Å². The normalized spacial score (nSPS) is 12.2. The van der Waals surface area contributed by atoms with E-state index in [0.717, 1.165) is 4.47 Å². The average molecular weight is 314 g/mol. The molecule has 0 bridgehead atoms. The summed E-state index contributed by atoms with van der Waals surface area (Å²) in [5.74, 6) is 1.09. The van der Waals surface area contributed by atoms with Crippen molar-refractivity contribution in [3.05, 3.63) is 33.1 Å². The lowest BCUT2D eigenvalue weighted by Gasteiger charge is -2.13. The molecular formula is C11H12BrN3OS. The van der Waals surface area contributed by atoms with Crippen molar-refractivity contribution >= 4 is 33.2 Å². The van der Waals surface area contributed by atoms with Crippen molar-refractivity contribution in [2.75, 3.05) is 12.4 Å². The van der Waals surface area contributed by atoms with Crippen LogP contribution in [-0.2, 0) is 0 Å². The highest BCUT2D eigenvalue weighted by molar-refractivity contribution is 9.10. The number of rotatable bonds is 4. The van der Waals surface area contributed by atoms with Gasteiger partial charge in [0.15, 0.2) is 0 Å². The molecule has 2 aromatic heterocycles. The molecule has 0 aliphatic heterocycles. The monoisotopic (exact) mass is 313 g/mol. The molecule has 90 valence electrons. The van der Waals surface area contributed by atoms with E-state index in [1.54, 1.807) is 24.6 Å². The van der Waals surface area contributed by atoms with Gasteiger partial charge in [-0.05, 0) is 45.2 Å². The first-order chi connectivity index (χ1) is 8.20. The maximum Gasteiger partial charge on any atom is 0.232 e. The first kappa shape index (κ1) is 12.3. The molecule has 0 spiro atoms. The smallest absolute Gasteiger partial charge is 0.232 e. The second-order valence-electron chi connectivity index (χ2n) is 3.47. The third kappa shape index (κ3) is 2.95. The van der Waals surface area contributed by atoms with Crippen LogP contribution in [0.25, 0.3) is 0 Å². The minimum atomic E-state index is 0.173. The predicted molar refractivity (Wildman–Crippen MR) is 72.6 cm³/mol. The fourth-order valence-electron chi connectivity index (χ4n) is 1.36. The number of nitrogens with zero attached hydrogens (tertiary/aromatic N) is 2. The van der Waals surface area contributed by atoms with Gasteiger partial charge in [-0.3, -0.25) is 0 Å². The highest BCUT2D eigenvalue weighted by Gasteiger charge is 2.09. The molecule has 0 amide bonds. The maximum atomic E-state index is 5.12. The van der Waals surface area contributed by atoms with Crippen molar-refractivity contribution in [2.45, 2.75) is 13.0 Å². The van der Waals surface area contributed by atoms with Crippen LogP contribution >= 0.6 is 27.3 Å². The van der Waals surface area contributed by atoms with Gasteiger partial charge in [-0.15, -0.1) is 0 Å². The molecular weight excluding hydrogens is 302 g/mol. The van der Waals surface area contributed by atoms with Gasteiger partial charge >= 0.3 is 0 Å². The molecule has 1 atom stereocenters. The van der Waals surface area contributed by atoms with E-state index < -0.39 is 0 Å². The first-order valence-corrected chi connectivity index (χ1v) is 6.79. The van der Waals surface area contributed by atoms with Crippen molar-refractivity contribution in [3.8, 4) is 5.88 Å². The summed E-state index contributed by atoms with van der Waals surface area (Å²) in [6, 6.07) is 2.26. The van der Waals surface area contributed by atoms with Crippen LogP contribution in [0.5, 0.6) is 5.88 Å². The average Bonchev–Trinajstić information content (AvgIpc) is 2.85. The Labute approximate surface area is 112 Å². The van der Waals surface area contributed by atoms with Gasteiger partial charge in [-0.25, -0.2) is 4.98 Å². The van der Waals surface area contributed by atoms with E-state index in [9.17, 15) is 0 Å². The summed E-state index contributed by atoms with van der Waals surface area (Å²) in [7, 11) is 1.58. The number of nitrogens with one attached hydrogen (secondary N) is 1. The molecule has 2 rings (SSSR count). The third-order valence-corrected chi connectivity index (χ3v) is 3.54. The molecule has 0 saturated heterocycles. The summed E-state index contributed by atoms with van der Waals surface area (Å²) in [6.07, 6.45) is 1.68.